The largest absolute Gasteiger partial charge is 0.497 e. The third-order valence-corrected chi connectivity index (χ3v) is 3.78. The summed E-state index contributed by atoms with van der Waals surface area (Å²) in [4.78, 5) is 14.3. The number of nitrogens with zero attached hydrogens (tertiary/aromatic N) is 1. The van der Waals surface area contributed by atoms with Gasteiger partial charge in [-0.15, -0.1) is 0 Å². The SMILES string of the molecule is COc1ccc2cc(C(=O)OCCN3CCNCC3)oc2c1. The maximum atomic E-state index is 12.0. The molecule has 0 aliphatic carbocycles. The normalized spacial score (nSPS) is 15.9. The van der Waals surface area contributed by atoms with Crippen LogP contribution in [0.1, 0.15) is 10.6 Å². The molecule has 1 aromatic carbocycles. The zero-order valence-electron chi connectivity index (χ0n) is 12.6. The summed E-state index contributed by atoms with van der Waals surface area (Å²) in [7, 11) is 1.59. The summed E-state index contributed by atoms with van der Waals surface area (Å²) in [5, 5.41) is 4.15. The van der Waals surface area contributed by atoms with Crippen LogP contribution >= 0.6 is 0 Å². The fraction of sp³-hybridized carbons (Fsp3) is 0.438. The van der Waals surface area contributed by atoms with Gasteiger partial charge >= 0.3 is 5.97 Å². The standard InChI is InChI=1S/C16H20N2O4/c1-20-13-3-2-12-10-15(22-14(12)11-13)16(19)21-9-8-18-6-4-17-5-7-18/h2-3,10-11,17H,4-9H2,1H3. The predicted molar refractivity (Wildman–Crippen MR) is 82.4 cm³/mol. The molecule has 1 N–H and O–H groups in total. The van der Waals surface area contributed by atoms with Crippen LogP contribution in [0, 0.1) is 0 Å². The van der Waals surface area contributed by atoms with Crippen molar-refractivity contribution in [2.24, 2.45) is 0 Å². The number of piperazine rings is 1. The lowest BCUT2D eigenvalue weighted by Gasteiger charge is -2.26. The van der Waals surface area contributed by atoms with Crippen molar-refractivity contribution in [3.05, 3.63) is 30.0 Å². The highest BCUT2D eigenvalue weighted by Gasteiger charge is 2.15. The van der Waals surface area contributed by atoms with Gasteiger partial charge in [-0.05, 0) is 18.2 Å². The number of hydrogen-bond acceptors (Lipinski definition) is 6. The summed E-state index contributed by atoms with van der Waals surface area (Å²) in [6.45, 7) is 5.07. The maximum Gasteiger partial charge on any atom is 0.374 e. The number of nitrogens with one attached hydrogen (secondary N) is 1. The molecule has 22 heavy (non-hydrogen) atoms. The van der Waals surface area contributed by atoms with E-state index < -0.39 is 5.97 Å². The Hall–Kier alpha value is -2.05. The topological polar surface area (TPSA) is 63.9 Å². The molecular formula is C16H20N2O4. The van der Waals surface area contributed by atoms with E-state index >= 15 is 0 Å². The maximum absolute atomic E-state index is 12.0. The van der Waals surface area contributed by atoms with Crippen molar-refractivity contribution in [1.82, 2.24) is 10.2 Å². The minimum Gasteiger partial charge on any atom is -0.497 e. The number of methoxy groups -OCH3 is 1. The first-order chi connectivity index (χ1) is 10.8. The van der Waals surface area contributed by atoms with Gasteiger partial charge in [-0.2, -0.15) is 0 Å². The smallest absolute Gasteiger partial charge is 0.374 e. The molecule has 1 fully saturated rings. The highest BCUT2D eigenvalue weighted by molar-refractivity contribution is 5.92. The molecule has 1 aliphatic heterocycles. The highest BCUT2D eigenvalue weighted by atomic mass is 16.5. The van der Waals surface area contributed by atoms with Gasteiger partial charge in [-0.25, -0.2) is 4.79 Å². The third kappa shape index (κ3) is 3.40. The fourth-order valence-electron chi connectivity index (χ4n) is 2.51. The first-order valence-electron chi connectivity index (χ1n) is 7.44. The summed E-state index contributed by atoms with van der Waals surface area (Å²) in [5.41, 5.74) is 0.619. The Balaban J connectivity index is 1.57. The van der Waals surface area contributed by atoms with Crippen molar-refractivity contribution in [1.29, 1.82) is 0 Å². The number of fused-ring (bicyclic) bond motifs is 1. The van der Waals surface area contributed by atoms with E-state index in [-0.39, 0.29) is 5.76 Å². The van der Waals surface area contributed by atoms with Crippen molar-refractivity contribution in [3.63, 3.8) is 0 Å². The van der Waals surface area contributed by atoms with Crippen LogP contribution in [0.3, 0.4) is 0 Å². The second-order valence-electron chi connectivity index (χ2n) is 5.24. The molecule has 0 radical (unpaired) electrons. The van der Waals surface area contributed by atoms with Crippen LogP contribution in [0.2, 0.25) is 0 Å². The van der Waals surface area contributed by atoms with Crippen LogP contribution in [0.4, 0.5) is 0 Å². The summed E-state index contributed by atoms with van der Waals surface area (Å²) in [6, 6.07) is 7.14. The number of esters is 1. The molecule has 3 rings (SSSR count). The van der Waals surface area contributed by atoms with Crippen molar-refractivity contribution < 1.29 is 18.7 Å². The third-order valence-electron chi connectivity index (χ3n) is 3.78. The van der Waals surface area contributed by atoms with E-state index in [1.54, 1.807) is 19.2 Å². The number of rotatable bonds is 5. The molecule has 118 valence electrons. The summed E-state index contributed by atoms with van der Waals surface area (Å²) in [5.74, 6) is 0.495. The van der Waals surface area contributed by atoms with Crippen molar-refractivity contribution in [2.45, 2.75) is 0 Å². The van der Waals surface area contributed by atoms with Crippen molar-refractivity contribution in [3.8, 4) is 5.75 Å². The minimum atomic E-state index is -0.426. The molecule has 1 aromatic heterocycles. The molecule has 0 unspecified atom stereocenters. The van der Waals surface area contributed by atoms with Crippen molar-refractivity contribution in [2.75, 3.05) is 46.4 Å². The van der Waals surface area contributed by atoms with E-state index in [2.05, 4.69) is 10.2 Å². The molecular weight excluding hydrogens is 284 g/mol. The molecule has 2 heterocycles. The summed E-state index contributed by atoms with van der Waals surface area (Å²) >= 11 is 0. The van der Waals surface area contributed by atoms with Gasteiger partial charge < -0.3 is 19.2 Å². The van der Waals surface area contributed by atoms with Crippen molar-refractivity contribution >= 4 is 16.9 Å². The highest BCUT2D eigenvalue weighted by Crippen LogP contribution is 2.24. The number of carbonyl (C=O) groups excluding carboxylic acids is 1. The van der Waals surface area contributed by atoms with Gasteiger partial charge in [-0.1, -0.05) is 0 Å². The van der Waals surface area contributed by atoms with E-state index in [9.17, 15) is 4.79 Å². The molecule has 0 saturated carbocycles. The van der Waals surface area contributed by atoms with E-state index in [0.717, 1.165) is 38.1 Å². The number of ether oxygens (including phenoxy) is 2. The summed E-state index contributed by atoms with van der Waals surface area (Å²) < 4.78 is 16.0. The van der Waals surface area contributed by atoms with Gasteiger partial charge in [-0.3, -0.25) is 4.90 Å². The van der Waals surface area contributed by atoms with Gasteiger partial charge in [0.15, 0.2) is 0 Å². The first-order valence-corrected chi connectivity index (χ1v) is 7.44. The molecule has 1 aliphatic rings. The summed E-state index contributed by atoms with van der Waals surface area (Å²) in [6.07, 6.45) is 0. The minimum absolute atomic E-state index is 0.226. The Morgan fingerprint density at radius 1 is 1.32 bits per heavy atom. The molecule has 6 nitrogen and oxygen atoms in total. The zero-order chi connectivity index (χ0) is 15.4. The first kappa shape index (κ1) is 14.9. The Labute approximate surface area is 129 Å². The lowest BCUT2D eigenvalue weighted by molar-refractivity contribution is 0.0423. The lowest BCUT2D eigenvalue weighted by Crippen LogP contribution is -2.44. The molecule has 0 amide bonds. The zero-order valence-corrected chi connectivity index (χ0v) is 12.6. The number of hydrogen-bond donors (Lipinski definition) is 1. The molecule has 0 spiro atoms. The Morgan fingerprint density at radius 3 is 2.91 bits per heavy atom. The van der Waals surface area contributed by atoms with Crippen LogP contribution < -0.4 is 10.1 Å². The number of benzene rings is 1. The van der Waals surface area contributed by atoms with E-state index in [1.807, 2.05) is 12.1 Å². The Kier molecular flexibility index (Phi) is 4.60. The Morgan fingerprint density at radius 2 is 2.14 bits per heavy atom. The molecule has 6 heteroatoms. The average Bonchev–Trinajstić information content (AvgIpc) is 2.99. The van der Waals surface area contributed by atoms with Crippen LogP contribution in [0.25, 0.3) is 11.0 Å². The van der Waals surface area contributed by atoms with E-state index in [4.69, 9.17) is 13.9 Å². The van der Waals surface area contributed by atoms with Crippen LogP contribution in [-0.2, 0) is 4.74 Å². The Bertz CT molecular complexity index is 647. The second-order valence-corrected chi connectivity index (χ2v) is 5.24. The monoisotopic (exact) mass is 304 g/mol. The lowest BCUT2D eigenvalue weighted by atomic mass is 10.2. The van der Waals surface area contributed by atoms with E-state index in [1.165, 1.54) is 0 Å². The molecule has 2 aromatic rings. The van der Waals surface area contributed by atoms with Gasteiger partial charge in [0.05, 0.1) is 7.11 Å². The molecule has 1 saturated heterocycles. The van der Waals surface area contributed by atoms with Crippen LogP contribution in [0.5, 0.6) is 5.75 Å². The fourth-order valence-corrected chi connectivity index (χ4v) is 2.51. The van der Waals surface area contributed by atoms with E-state index in [0.29, 0.717) is 17.9 Å². The van der Waals surface area contributed by atoms with Crippen LogP contribution in [-0.4, -0.2) is 57.3 Å². The number of carbonyl (C=O) groups is 1. The molecule has 0 bridgehead atoms. The average molecular weight is 304 g/mol. The van der Waals surface area contributed by atoms with Crippen LogP contribution in [0.15, 0.2) is 28.7 Å². The second kappa shape index (κ2) is 6.81. The quantitative estimate of drug-likeness (QED) is 0.845. The predicted octanol–water partition coefficient (Wildman–Crippen LogP) is 1.50. The van der Waals surface area contributed by atoms with Gasteiger partial charge in [0.1, 0.15) is 17.9 Å². The van der Waals surface area contributed by atoms with Gasteiger partial charge in [0.25, 0.3) is 0 Å². The number of furan rings is 1. The van der Waals surface area contributed by atoms with Gasteiger partial charge in [0.2, 0.25) is 5.76 Å². The van der Waals surface area contributed by atoms with Gasteiger partial charge in [0, 0.05) is 44.2 Å². The molecule has 0 atom stereocenters.